The minimum Gasteiger partial charge on any atom is -0.362 e. The summed E-state index contributed by atoms with van der Waals surface area (Å²) in [4.78, 5) is 13.3. The second-order valence-electron chi connectivity index (χ2n) is 6.49. The molecule has 4 aliphatic rings. The summed E-state index contributed by atoms with van der Waals surface area (Å²) in [7, 11) is 0. The van der Waals surface area contributed by atoms with Crippen molar-refractivity contribution in [3.63, 3.8) is 0 Å². The van der Waals surface area contributed by atoms with Crippen molar-refractivity contribution in [2.45, 2.75) is 63.0 Å². The van der Waals surface area contributed by atoms with Gasteiger partial charge in [0.1, 0.15) is 30.6 Å². The lowest BCUT2D eigenvalue weighted by atomic mass is 10.1. The first kappa shape index (κ1) is 15.2. The first-order valence-corrected chi connectivity index (χ1v) is 8.94. The average molecular weight is 331 g/mol. The highest BCUT2D eigenvalue weighted by Crippen LogP contribution is 2.42. The number of hydrogen-bond acceptors (Lipinski definition) is 7. The van der Waals surface area contributed by atoms with Crippen LogP contribution in [0.4, 0.5) is 0 Å². The normalized spacial score (nSPS) is 45.8. The highest BCUT2D eigenvalue weighted by atomic mass is 32.2. The maximum absolute atomic E-state index is 11.5. The van der Waals surface area contributed by atoms with Gasteiger partial charge >= 0.3 is 0 Å². The summed E-state index contributed by atoms with van der Waals surface area (Å²) in [5.41, 5.74) is 0. The van der Waals surface area contributed by atoms with Gasteiger partial charge in [-0.2, -0.15) is 0 Å². The maximum Gasteiger partial charge on any atom is 0.229 e. The number of nitrogens with zero attached hydrogens (tertiary/aromatic N) is 1. The van der Waals surface area contributed by atoms with Crippen molar-refractivity contribution < 1.29 is 28.5 Å². The lowest BCUT2D eigenvalue weighted by Gasteiger charge is -2.31. The van der Waals surface area contributed by atoms with Gasteiger partial charge in [0.05, 0.1) is 18.9 Å². The fourth-order valence-electron chi connectivity index (χ4n) is 3.53. The number of β-lactam (4-membered cyclic amide) rings is 1. The molecule has 0 aromatic heterocycles. The van der Waals surface area contributed by atoms with Gasteiger partial charge in [-0.05, 0) is 20.1 Å². The Morgan fingerprint density at radius 3 is 2.82 bits per heavy atom. The molecule has 0 radical (unpaired) electrons. The number of amides is 1. The molecule has 0 bridgehead atoms. The maximum atomic E-state index is 11.5. The summed E-state index contributed by atoms with van der Waals surface area (Å²) in [6, 6.07) is 0. The molecule has 8 heteroatoms. The molecule has 22 heavy (non-hydrogen) atoms. The minimum absolute atomic E-state index is 0.0963. The van der Waals surface area contributed by atoms with Gasteiger partial charge in [0.25, 0.3) is 0 Å². The van der Waals surface area contributed by atoms with Crippen LogP contribution in [0.3, 0.4) is 0 Å². The van der Waals surface area contributed by atoms with Crippen LogP contribution in [-0.4, -0.2) is 72.3 Å². The second kappa shape index (κ2) is 5.32. The van der Waals surface area contributed by atoms with Crippen LogP contribution in [0.15, 0.2) is 0 Å². The van der Waals surface area contributed by atoms with E-state index in [-0.39, 0.29) is 36.6 Å². The molecule has 0 unspecified atom stereocenters. The molecule has 4 fully saturated rings. The van der Waals surface area contributed by atoms with Crippen LogP contribution in [0.2, 0.25) is 0 Å². The topological polar surface area (TPSA) is 66.5 Å². The average Bonchev–Trinajstić information content (AvgIpc) is 3.04. The molecule has 0 aromatic carbocycles. The molecule has 6 atom stereocenters. The molecule has 0 spiro atoms. The molecule has 4 rings (SSSR count). The molecule has 0 aliphatic carbocycles. The van der Waals surface area contributed by atoms with Gasteiger partial charge in [0, 0.05) is 0 Å². The lowest BCUT2D eigenvalue weighted by Crippen LogP contribution is -2.49. The number of hydrogen-bond donors (Lipinski definition) is 0. The molecule has 0 aromatic rings. The van der Waals surface area contributed by atoms with Gasteiger partial charge in [-0.3, -0.25) is 4.79 Å². The van der Waals surface area contributed by atoms with Gasteiger partial charge < -0.3 is 28.6 Å². The minimum atomic E-state index is -0.670. The number of fused-ring (bicyclic) bond motifs is 2. The zero-order valence-electron chi connectivity index (χ0n) is 12.9. The molecule has 4 aliphatic heterocycles. The number of rotatable bonds is 4. The summed E-state index contributed by atoms with van der Waals surface area (Å²) >= 11 is 1.60. The Bertz CT molecular complexity index is 474. The van der Waals surface area contributed by atoms with Crippen molar-refractivity contribution in [1.82, 2.24) is 4.90 Å². The van der Waals surface area contributed by atoms with E-state index in [1.54, 1.807) is 16.7 Å². The first-order valence-electron chi connectivity index (χ1n) is 7.55. The predicted octanol–water partition coefficient (Wildman–Crippen LogP) is 0.526. The lowest BCUT2D eigenvalue weighted by molar-refractivity contribution is -0.230. The van der Waals surface area contributed by atoms with Gasteiger partial charge in [0.15, 0.2) is 12.1 Å². The van der Waals surface area contributed by atoms with E-state index >= 15 is 0 Å². The summed E-state index contributed by atoms with van der Waals surface area (Å²) in [6.07, 6.45) is 0.917. The molecule has 0 N–H and O–H groups in total. The molecule has 4 saturated heterocycles. The van der Waals surface area contributed by atoms with Crippen molar-refractivity contribution >= 4 is 17.7 Å². The molecule has 124 valence electrons. The van der Waals surface area contributed by atoms with Crippen molar-refractivity contribution in [3.8, 4) is 0 Å². The monoisotopic (exact) mass is 331 g/mol. The standard InChI is InChI=1S/C14H21NO6S/c1-14(2)20-12-11(17-6-22-3)10(19-13(12)21-14)7-5-15-8(16)4-9(15)18-7/h7,9-13H,4-6H2,1-3H3/t7-,9-,10-,11+,12-,13-/m1/s1. The Morgan fingerprint density at radius 1 is 1.32 bits per heavy atom. The van der Waals surface area contributed by atoms with E-state index in [0.29, 0.717) is 18.9 Å². The highest BCUT2D eigenvalue weighted by Gasteiger charge is 2.60. The molecule has 4 heterocycles. The van der Waals surface area contributed by atoms with E-state index in [2.05, 4.69) is 0 Å². The van der Waals surface area contributed by atoms with Crippen LogP contribution in [-0.2, 0) is 28.5 Å². The van der Waals surface area contributed by atoms with E-state index in [0.717, 1.165) is 0 Å². The number of carbonyl (C=O) groups excluding carboxylic acids is 1. The molecular formula is C14H21NO6S. The van der Waals surface area contributed by atoms with Crippen LogP contribution in [0.1, 0.15) is 20.3 Å². The Hall–Kier alpha value is -0.380. The van der Waals surface area contributed by atoms with Gasteiger partial charge in [0.2, 0.25) is 5.91 Å². The van der Waals surface area contributed by atoms with Crippen molar-refractivity contribution in [2.75, 3.05) is 18.7 Å². The fraction of sp³-hybridized carbons (Fsp3) is 0.929. The van der Waals surface area contributed by atoms with Gasteiger partial charge in [-0.15, -0.1) is 11.8 Å². The molecule has 0 saturated carbocycles. The Morgan fingerprint density at radius 2 is 2.14 bits per heavy atom. The van der Waals surface area contributed by atoms with Crippen molar-refractivity contribution in [1.29, 1.82) is 0 Å². The van der Waals surface area contributed by atoms with E-state index in [4.69, 9.17) is 23.7 Å². The molecule has 7 nitrogen and oxygen atoms in total. The Kier molecular flexibility index (Phi) is 3.67. The third-order valence-electron chi connectivity index (χ3n) is 4.50. The summed E-state index contributed by atoms with van der Waals surface area (Å²) in [6.45, 7) is 4.29. The largest absolute Gasteiger partial charge is 0.362 e. The SMILES string of the molecule is CSCO[C@@H]1[C@H]2OC(C)(C)O[C@H]2O[C@@H]1[C@H]1CN2C(=O)C[C@H]2O1. The van der Waals surface area contributed by atoms with E-state index in [1.165, 1.54) is 0 Å². The third-order valence-corrected chi connectivity index (χ3v) is 4.87. The van der Waals surface area contributed by atoms with Gasteiger partial charge in [-0.25, -0.2) is 0 Å². The number of thioether (sulfide) groups is 1. The fourth-order valence-corrected chi connectivity index (χ4v) is 3.82. The molecule has 1 amide bonds. The zero-order valence-corrected chi connectivity index (χ0v) is 13.7. The smallest absolute Gasteiger partial charge is 0.229 e. The van der Waals surface area contributed by atoms with Gasteiger partial charge in [-0.1, -0.05) is 0 Å². The first-order chi connectivity index (χ1) is 10.5. The van der Waals surface area contributed by atoms with E-state index < -0.39 is 12.1 Å². The summed E-state index contributed by atoms with van der Waals surface area (Å²) < 4.78 is 29.6. The second-order valence-corrected chi connectivity index (χ2v) is 7.30. The van der Waals surface area contributed by atoms with Crippen LogP contribution in [0.5, 0.6) is 0 Å². The molecular weight excluding hydrogens is 310 g/mol. The highest BCUT2D eigenvalue weighted by molar-refractivity contribution is 7.98. The Labute approximate surface area is 133 Å². The van der Waals surface area contributed by atoms with Crippen molar-refractivity contribution in [2.24, 2.45) is 0 Å². The van der Waals surface area contributed by atoms with Crippen LogP contribution >= 0.6 is 11.8 Å². The van der Waals surface area contributed by atoms with Crippen LogP contribution < -0.4 is 0 Å². The Balaban J connectivity index is 1.48. The quantitative estimate of drug-likeness (QED) is 0.550. The predicted molar refractivity (Wildman–Crippen MR) is 76.9 cm³/mol. The van der Waals surface area contributed by atoms with Crippen LogP contribution in [0.25, 0.3) is 0 Å². The van der Waals surface area contributed by atoms with E-state index in [1.807, 2.05) is 20.1 Å². The summed E-state index contributed by atoms with van der Waals surface area (Å²) in [5.74, 6) is 0.0213. The number of carbonyl (C=O) groups is 1. The van der Waals surface area contributed by atoms with E-state index in [9.17, 15) is 4.79 Å². The third kappa shape index (κ3) is 2.37. The summed E-state index contributed by atoms with van der Waals surface area (Å²) in [5, 5.41) is 0. The zero-order chi connectivity index (χ0) is 15.5. The van der Waals surface area contributed by atoms with Crippen LogP contribution in [0, 0.1) is 0 Å². The van der Waals surface area contributed by atoms with Crippen molar-refractivity contribution in [3.05, 3.63) is 0 Å². The number of ether oxygens (including phenoxy) is 5.